The molecule has 2 aromatic heterocycles. The van der Waals surface area contributed by atoms with Crippen LogP contribution in [-0.4, -0.2) is 54.5 Å². The first-order chi connectivity index (χ1) is 18.3. The maximum atomic E-state index is 14.8. The van der Waals surface area contributed by atoms with Gasteiger partial charge < -0.3 is 20.1 Å². The van der Waals surface area contributed by atoms with Gasteiger partial charge >= 0.3 is 0 Å². The molecule has 206 valence electrons. The van der Waals surface area contributed by atoms with Gasteiger partial charge in [0, 0.05) is 43.6 Å². The van der Waals surface area contributed by atoms with E-state index in [1.807, 2.05) is 24.3 Å². The van der Waals surface area contributed by atoms with E-state index < -0.39 is 5.41 Å². The van der Waals surface area contributed by atoms with E-state index in [1.54, 1.807) is 0 Å². The number of nitriles is 1. The summed E-state index contributed by atoms with van der Waals surface area (Å²) >= 11 is 0. The maximum absolute atomic E-state index is 14.8. The van der Waals surface area contributed by atoms with Gasteiger partial charge in [0.15, 0.2) is 5.82 Å². The van der Waals surface area contributed by atoms with Crippen LogP contribution in [0.3, 0.4) is 0 Å². The number of hydrogen-bond acceptors (Lipinski definition) is 7. The molecule has 2 fully saturated rings. The third kappa shape index (κ3) is 8.20. The van der Waals surface area contributed by atoms with Crippen LogP contribution in [0.15, 0.2) is 30.5 Å². The molecule has 0 radical (unpaired) electrons. The first kappa shape index (κ1) is 28.4. The Morgan fingerprint density at radius 2 is 1.95 bits per heavy atom. The first-order valence-electron chi connectivity index (χ1n) is 14.0. The summed E-state index contributed by atoms with van der Waals surface area (Å²) in [6, 6.07) is 10.4. The third-order valence-electron chi connectivity index (χ3n) is 7.65. The van der Waals surface area contributed by atoms with Crippen LogP contribution < -0.4 is 10.6 Å². The van der Waals surface area contributed by atoms with E-state index in [-0.39, 0.29) is 11.4 Å². The smallest absolute Gasteiger partial charge is 0.150 e. The fourth-order valence-electron chi connectivity index (χ4n) is 5.31. The fraction of sp³-hybridized carbons (Fsp3) is 0.633. The number of nitrogens with zero attached hydrogens (tertiary/aromatic N) is 3. The minimum atomic E-state index is -0.459. The monoisotopic (exact) mass is 523 g/mol. The Bertz CT molecular complexity index is 1080. The maximum Gasteiger partial charge on any atom is 0.150 e. The van der Waals surface area contributed by atoms with Crippen LogP contribution in [0.25, 0.3) is 11.3 Å². The summed E-state index contributed by atoms with van der Waals surface area (Å²) in [5.74, 6) is 0.814. The molecule has 1 aliphatic heterocycles. The number of hydrogen-bond donors (Lipinski definition) is 2. The highest BCUT2D eigenvalue weighted by molar-refractivity contribution is 5.62. The normalized spacial score (nSPS) is 21.6. The van der Waals surface area contributed by atoms with Gasteiger partial charge in [-0.15, -0.1) is 0 Å². The summed E-state index contributed by atoms with van der Waals surface area (Å²) in [6.07, 6.45) is 8.11. The highest BCUT2D eigenvalue weighted by Crippen LogP contribution is 2.31. The second-order valence-corrected chi connectivity index (χ2v) is 11.8. The zero-order valence-corrected chi connectivity index (χ0v) is 23.1. The zero-order chi connectivity index (χ0) is 27.0. The quantitative estimate of drug-likeness (QED) is 0.396. The molecule has 0 unspecified atom stereocenters. The van der Waals surface area contributed by atoms with Crippen LogP contribution >= 0.6 is 0 Å². The van der Waals surface area contributed by atoms with E-state index in [1.165, 1.54) is 6.20 Å². The summed E-state index contributed by atoms with van der Waals surface area (Å²) in [4.78, 5) is 9.07. The van der Waals surface area contributed by atoms with Gasteiger partial charge in [-0.05, 0) is 89.8 Å². The average Bonchev–Trinajstić information content (AvgIpc) is 2.92. The van der Waals surface area contributed by atoms with Crippen molar-refractivity contribution in [2.45, 2.75) is 77.4 Å². The Morgan fingerprint density at radius 1 is 1.18 bits per heavy atom. The predicted molar refractivity (Wildman–Crippen MR) is 147 cm³/mol. The van der Waals surface area contributed by atoms with E-state index in [0.29, 0.717) is 61.6 Å². The predicted octanol–water partition coefficient (Wildman–Crippen LogP) is 5.52. The van der Waals surface area contributed by atoms with Gasteiger partial charge in [0.1, 0.15) is 5.82 Å². The standard InChI is InChI=1S/C30H42FN5O2/c1-29(2,3)38-16-13-33-23-9-7-22(8-10-23)17-24-18-25(26(31)19-34-24)27-5-4-6-28(36-27)35-21-30(20-32)11-14-37-15-12-30/h4-6,18-19,22-23,33H,7-17,21H2,1-3H3,(H,35,36). The van der Waals surface area contributed by atoms with E-state index in [4.69, 9.17) is 9.47 Å². The summed E-state index contributed by atoms with van der Waals surface area (Å²) in [6.45, 7) is 9.53. The fourth-order valence-corrected chi connectivity index (χ4v) is 5.31. The number of ether oxygens (including phenoxy) is 2. The Kier molecular flexibility index (Phi) is 9.69. The summed E-state index contributed by atoms with van der Waals surface area (Å²) in [7, 11) is 0. The van der Waals surface area contributed by atoms with E-state index in [9.17, 15) is 9.65 Å². The minimum Gasteiger partial charge on any atom is -0.381 e. The molecule has 1 aliphatic carbocycles. The highest BCUT2D eigenvalue weighted by atomic mass is 19.1. The van der Waals surface area contributed by atoms with Gasteiger partial charge in [0.05, 0.1) is 35.6 Å². The first-order valence-corrected chi connectivity index (χ1v) is 14.0. The molecule has 0 spiro atoms. The lowest BCUT2D eigenvalue weighted by Crippen LogP contribution is -2.36. The Labute approximate surface area is 226 Å². The van der Waals surface area contributed by atoms with Crippen molar-refractivity contribution in [1.82, 2.24) is 15.3 Å². The van der Waals surface area contributed by atoms with E-state index in [2.05, 4.69) is 47.4 Å². The van der Waals surface area contributed by atoms with E-state index >= 15 is 0 Å². The molecule has 2 N–H and O–H groups in total. The molecule has 2 aromatic rings. The van der Waals surface area contributed by atoms with Gasteiger partial charge in [-0.3, -0.25) is 4.98 Å². The molecule has 1 saturated carbocycles. The second kappa shape index (κ2) is 13.0. The Hall–Kier alpha value is -2.60. The molecule has 4 rings (SSSR count). The number of nitrogens with one attached hydrogen (secondary N) is 2. The highest BCUT2D eigenvalue weighted by Gasteiger charge is 2.32. The molecule has 0 aromatic carbocycles. The van der Waals surface area contributed by atoms with Gasteiger partial charge in [0.25, 0.3) is 0 Å². The molecule has 8 heteroatoms. The largest absolute Gasteiger partial charge is 0.381 e. The SMILES string of the molecule is CC(C)(C)OCCNC1CCC(Cc2cc(-c3cccc(NCC4(C#N)CCOCC4)n3)c(F)cn2)CC1. The van der Waals surface area contributed by atoms with E-state index in [0.717, 1.165) is 50.9 Å². The molecule has 3 heterocycles. The van der Waals surface area contributed by atoms with Crippen LogP contribution in [0.5, 0.6) is 0 Å². The van der Waals surface area contributed by atoms with Gasteiger partial charge in [0.2, 0.25) is 0 Å². The number of aromatic nitrogens is 2. The second-order valence-electron chi connectivity index (χ2n) is 11.8. The van der Waals surface area contributed by atoms with Crippen molar-refractivity contribution >= 4 is 5.82 Å². The van der Waals surface area contributed by atoms with Gasteiger partial charge in [-0.1, -0.05) is 6.07 Å². The topological polar surface area (TPSA) is 92.1 Å². The van der Waals surface area contributed by atoms with Crippen LogP contribution in [0, 0.1) is 28.5 Å². The molecule has 0 amide bonds. The number of rotatable bonds is 10. The van der Waals surface area contributed by atoms with Crippen molar-refractivity contribution in [3.05, 3.63) is 42.0 Å². The Balaban J connectivity index is 1.31. The average molecular weight is 524 g/mol. The number of pyridine rings is 2. The number of anilines is 1. The molecule has 2 aliphatic rings. The lowest BCUT2D eigenvalue weighted by atomic mass is 9.82. The summed E-state index contributed by atoms with van der Waals surface area (Å²) < 4.78 is 26.1. The molecular formula is C30H42FN5O2. The van der Waals surface area contributed by atoms with Crippen LogP contribution in [-0.2, 0) is 15.9 Å². The molecule has 1 saturated heterocycles. The summed E-state index contributed by atoms with van der Waals surface area (Å²) in [5.41, 5.74) is 1.38. The Morgan fingerprint density at radius 3 is 2.66 bits per heavy atom. The molecule has 7 nitrogen and oxygen atoms in total. The lowest BCUT2D eigenvalue weighted by molar-refractivity contribution is -0.00211. The number of halogens is 1. The van der Waals surface area contributed by atoms with Crippen molar-refractivity contribution in [3.63, 3.8) is 0 Å². The van der Waals surface area contributed by atoms with Gasteiger partial charge in [-0.25, -0.2) is 9.37 Å². The zero-order valence-electron chi connectivity index (χ0n) is 23.1. The van der Waals surface area contributed by atoms with Crippen LogP contribution in [0.2, 0.25) is 0 Å². The molecule has 38 heavy (non-hydrogen) atoms. The van der Waals surface area contributed by atoms with Crippen molar-refractivity contribution in [3.8, 4) is 17.3 Å². The van der Waals surface area contributed by atoms with Crippen molar-refractivity contribution in [2.24, 2.45) is 11.3 Å². The van der Waals surface area contributed by atoms with Crippen molar-refractivity contribution in [1.29, 1.82) is 5.26 Å². The molecule has 0 atom stereocenters. The van der Waals surface area contributed by atoms with Crippen molar-refractivity contribution in [2.75, 3.05) is 38.2 Å². The van der Waals surface area contributed by atoms with Gasteiger partial charge in [-0.2, -0.15) is 5.26 Å². The summed E-state index contributed by atoms with van der Waals surface area (Å²) in [5, 5.41) is 16.6. The van der Waals surface area contributed by atoms with Crippen LogP contribution in [0.1, 0.15) is 65.0 Å². The lowest BCUT2D eigenvalue weighted by Gasteiger charge is -2.30. The van der Waals surface area contributed by atoms with Crippen LogP contribution in [0.4, 0.5) is 10.2 Å². The third-order valence-corrected chi connectivity index (χ3v) is 7.65. The van der Waals surface area contributed by atoms with Crippen molar-refractivity contribution < 1.29 is 13.9 Å². The molecular weight excluding hydrogens is 481 g/mol. The molecule has 0 bridgehead atoms. The minimum absolute atomic E-state index is 0.0985.